The van der Waals surface area contributed by atoms with Crippen LogP contribution in [-0.2, 0) is 11.3 Å². The Balaban J connectivity index is 1.55. The molecule has 1 aromatic carbocycles. The molecule has 2 fully saturated rings. The van der Waals surface area contributed by atoms with Gasteiger partial charge in [-0.2, -0.15) is 5.26 Å². The van der Waals surface area contributed by atoms with Gasteiger partial charge in [0, 0.05) is 6.54 Å². The molecule has 0 spiro atoms. The Kier molecular flexibility index (Phi) is 3.70. The van der Waals surface area contributed by atoms with E-state index in [-0.39, 0.29) is 11.9 Å². The van der Waals surface area contributed by atoms with Gasteiger partial charge < -0.3 is 10.6 Å². The zero-order valence-electron chi connectivity index (χ0n) is 11.4. The Labute approximate surface area is 119 Å². The van der Waals surface area contributed by atoms with Crippen LogP contribution in [0.2, 0.25) is 0 Å². The summed E-state index contributed by atoms with van der Waals surface area (Å²) in [5.74, 6) is 1.33. The minimum absolute atomic E-state index is 0.0131. The zero-order chi connectivity index (χ0) is 13.9. The summed E-state index contributed by atoms with van der Waals surface area (Å²) < 4.78 is 0. The van der Waals surface area contributed by atoms with Crippen LogP contribution in [0.15, 0.2) is 24.3 Å². The molecular formula is C16H19N3O. The summed E-state index contributed by atoms with van der Waals surface area (Å²) in [6, 6.07) is 9.42. The quantitative estimate of drug-likeness (QED) is 0.875. The van der Waals surface area contributed by atoms with E-state index in [1.807, 2.05) is 12.1 Å². The van der Waals surface area contributed by atoms with Crippen LogP contribution in [0, 0.1) is 23.2 Å². The summed E-state index contributed by atoms with van der Waals surface area (Å²) in [5, 5.41) is 15.1. The molecule has 3 unspecified atom stereocenters. The lowest BCUT2D eigenvalue weighted by atomic mass is 9.93. The van der Waals surface area contributed by atoms with Crippen LogP contribution in [0.5, 0.6) is 0 Å². The van der Waals surface area contributed by atoms with E-state index >= 15 is 0 Å². The van der Waals surface area contributed by atoms with Gasteiger partial charge in [-0.15, -0.1) is 0 Å². The highest BCUT2D eigenvalue weighted by Gasteiger charge is 2.42. The highest BCUT2D eigenvalue weighted by Crippen LogP contribution is 2.37. The fourth-order valence-electron chi connectivity index (χ4n) is 3.47. The second-order valence-electron chi connectivity index (χ2n) is 5.77. The van der Waals surface area contributed by atoms with Gasteiger partial charge in [-0.25, -0.2) is 0 Å². The fraction of sp³-hybridized carbons (Fsp3) is 0.500. The van der Waals surface area contributed by atoms with Crippen molar-refractivity contribution in [2.45, 2.75) is 31.8 Å². The summed E-state index contributed by atoms with van der Waals surface area (Å²) in [4.78, 5) is 12.3. The molecule has 1 heterocycles. The van der Waals surface area contributed by atoms with E-state index in [2.05, 4.69) is 16.7 Å². The Morgan fingerprint density at radius 3 is 2.90 bits per heavy atom. The molecule has 104 valence electrons. The SMILES string of the molecule is N#Cc1ccc(CNC(=O)C2NCC3CCCC32)cc1. The molecule has 0 radical (unpaired) electrons. The maximum absolute atomic E-state index is 12.3. The molecule has 1 saturated heterocycles. The van der Waals surface area contributed by atoms with E-state index in [4.69, 9.17) is 5.26 Å². The molecule has 1 aliphatic heterocycles. The maximum Gasteiger partial charge on any atom is 0.237 e. The monoisotopic (exact) mass is 269 g/mol. The first-order valence-electron chi connectivity index (χ1n) is 7.28. The van der Waals surface area contributed by atoms with Crippen molar-refractivity contribution >= 4 is 5.91 Å². The number of hydrogen-bond donors (Lipinski definition) is 2. The van der Waals surface area contributed by atoms with E-state index in [0.29, 0.717) is 23.9 Å². The number of amides is 1. The number of hydrogen-bond acceptors (Lipinski definition) is 3. The lowest BCUT2D eigenvalue weighted by Gasteiger charge is -2.17. The molecule has 0 aromatic heterocycles. The van der Waals surface area contributed by atoms with E-state index in [9.17, 15) is 4.79 Å². The Hall–Kier alpha value is -1.86. The topological polar surface area (TPSA) is 64.9 Å². The van der Waals surface area contributed by atoms with Crippen molar-refractivity contribution < 1.29 is 4.79 Å². The van der Waals surface area contributed by atoms with Crippen LogP contribution in [-0.4, -0.2) is 18.5 Å². The van der Waals surface area contributed by atoms with E-state index in [1.165, 1.54) is 19.3 Å². The highest BCUT2D eigenvalue weighted by atomic mass is 16.2. The lowest BCUT2D eigenvalue weighted by Crippen LogP contribution is -2.43. The maximum atomic E-state index is 12.3. The number of rotatable bonds is 3. The number of nitriles is 1. The van der Waals surface area contributed by atoms with Crippen LogP contribution in [0.25, 0.3) is 0 Å². The molecule has 1 aliphatic carbocycles. The van der Waals surface area contributed by atoms with Crippen molar-refractivity contribution in [1.29, 1.82) is 5.26 Å². The smallest absolute Gasteiger partial charge is 0.237 e. The summed E-state index contributed by atoms with van der Waals surface area (Å²) >= 11 is 0. The predicted octanol–water partition coefficient (Wildman–Crippen LogP) is 1.56. The fourth-order valence-corrected chi connectivity index (χ4v) is 3.47. The molecule has 1 aromatic rings. The third-order valence-electron chi connectivity index (χ3n) is 4.58. The van der Waals surface area contributed by atoms with Gasteiger partial charge in [0.1, 0.15) is 0 Å². The summed E-state index contributed by atoms with van der Waals surface area (Å²) in [7, 11) is 0. The van der Waals surface area contributed by atoms with E-state index in [1.54, 1.807) is 12.1 Å². The largest absolute Gasteiger partial charge is 0.351 e. The number of fused-ring (bicyclic) bond motifs is 1. The molecular weight excluding hydrogens is 250 g/mol. The van der Waals surface area contributed by atoms with Crippen LogP contribution in [0.4, 0.5) is 0 Å². The molecule has 1 amide bonds. The molecule has 3 atom stereocenters. The Morgan fingerprint density at radius 1 is 1.35 bits per heavy atom. The van der Waals surface area contributed by atoms with Crippen molar-refractivity contribution in [2.24, 2.45) is 11.8 Å². The summed E-state index contributed by atoms with van der Waals surface area (Å²) in [5.41, 5.74) is 1.67. The summed E-state index contributed by atoms with van der Waals surface area (Å²) in [6.07, 6.45) is 3.69. The first-order chi connectivity index (χ1) is 9.78. The first-order valence-corrected chi connectivity index (χ1v) is 7.28. The third-order valence-corrected chi connectivity index (χ3v) is 4.58. The van der Waals surface area contributed by atoms with Gasteiger partial charge in [0.25, 0.3) is 0 Å². The predicted molar refractivity (Wildman–Crippen MR) is 75.6 cm³/mol. The number of carbonyl (C=O) groups is 1. The zero-order valence-corrected chi connectivity index (χ0v) is 11.4. The van der Waals surface area contributed by atoms with Crippen molar-refractivity contribution in [3.8, 4) is 6.07 Å². The average Bonchev–Trinajstić information content (AvgIpc) is 3.08. The van der Waals surface area contributed by atoms with E-state index < -0.39 is 0 Å². The van der Waals surface area contributed by atoms with Crippen molar-refractivity contribution in [3.63, 3.8) is 0 Å². The molecule has 1 saturated carbocycles. The van der Waals surface area contributed by atoms with Gasteiger partial charge in [-0.05, 0) is 48.9 Å². The molecule has 20 heavy (non-hydrogen) atoms. The minimum atomic E-state index is -0.0131. The van der Waals surface area contributed by atoms with Gasteiger partial charge in [-0.1, -0.05) is 18.6 Å². The van der Waals surface area contributed by atoms with Crippen LogP contribution < -0.4 is 10.6 Å². The van der Waals surface area contributed by atoms with Crippen molar-refractivity contribution in [3.05, 3.63) is 35.4 Å². The number of nitrogens with zero attached hydrogens (tertiary/aromatic N) is 1. The number of nitrogens with one attached hydrogen (secondary N) is 2. The molecule has 4 nitrogen and oxygen atoms in total. The molecule has 2 aliphatic rings. The summed E-state index contributed by atoms with van der Waals surface area (Å²) in [6.45, 7) is 1.51. The van der Waals surface area contributed by atoms with Gasteiger partial charge in [-0.3, -0.25) is 4.79 Å². The van der Waals surface area contributed by atoms with Crippen LogP contribution >= 0.6 is 0 Å². The van der Waals surface area contributed by atoms with Crippen molar-refractivity contribution in [2.75, 3.05) is 6.54 Å². The standard InChI is InChI=1S/C16H19N3O/c17-8-11-4-6-12(7-5-11)9-19-16(20)15-14-3-1-2-13(14)10-18-15/h4-7,13-15,18H,1-3,9-10H2,(H,19,20). The van der Waals surface area contributed by atoms with Gasteiger partial charge >= 0.3 is 0 Å². The first kappa shape index (κ1) is 13.1. The Bertz CT molecular complexity index is 532. The Morgan fingerprint density at radius 2 is 2.15 bits per heavy atom. The average molecular weight is 269 g/mol. The third kappa shape index (κ3) is 2.54. The van der Waals surface area contributed by atoms with Gasteiger partial charge in [0.2, 0.25) is 5.91 Å². The second kappa shape index (κ2) is 5.64. The van der Waals surface area contributed by atoms with Crippen LogP contribution in [0.3, 0.4) is 0 Å². The highest BCUT2D eigenvalue weighted by molar-refractivity contribution is 5.82. The van der Waals surface area contributed by atoms with Crippen LogP contribution in [0.1, 0.15) is 30.4 Å². The minimum Gasteiger partial charge on any atom is -0.351 e. The van der Waals surface area contributed by atoms with Crippen molar-refractivity contribution in [1.82, 2.24) is 10.6 Å². The molecule has 3 rings (SSSR count). The van der Waals surface area contributed by atoms with Gasteiger partial charge in [0.05, 0.1) is 17.7 Å². The van der Waals surface area contributed by atoms with E-state index in [0.717, 1.165) is 12.1 Å². The normalized spacial score (nSPS) is 27.9. The number of benzene rings is 1. The molecule has 4 heteroatoms. The van der Waals surface area contributed by atoms with Gasteiger partial charge in [0.15, 0.2) is 0 Å². The molecule has 2 N–H and O–H groups in total. The number of carbonyl (C=O) groups excluding carboxylic acids is 1. The second-order valence-corrected chi connectivity index (χ2v) is 5.77. The molecule has 0 bridgehead atoms. The lowest BCUT2D eigenvalue weighted by molar-refractivity contribution is -0.123.